The van der Waals surface area contributed by atoms with Gasteiger partial charge in [-0.1, -0.05) is 46.3 Å². The van der Waals surface area contributed by atoms with Crippen LogP contribution in [0.4, 0.5) is 13.2 Å². The topological polar surface area (TPSA) is 17.1 Å². The zero-order valence-corrected chi connectivity index (χ0v) is 8.47. The van der Waals surface area contributed by atoms with Gasteiger partial charge in [0.15, 0.2) is 10.6 Å². The van der Waals surface area contributed by atoms with Crippen molar-refractivity contribution in [2.24, 2.45) is 0 Å². The third-order valence-electron chi connectivity index (χ3n) is 1.58. The summed E-state index contributed by atoms with van der Waals surface area (Å²) in [6.45, 7) is 0. The highest BCUT2D eigenvalue weighted by molar-refractivity contribution is 9.10. The molecule has 0 radical (unpaired) electrons. The Morgan fingerprint density at radius 3 is 2.14 bits per heavy atom. The first kappa shape index (κ1) is 11.2. The van der Waals surface area contributed by atoms with Crippen molar-refractivity contribution in [3.63, 3.8) is 0 Å². The molecule has 14 heavy (non-hydrogen) atoms. The molecule has 1 atom stereocenters. The summed E-state index contributed by atoms with van der Waals surface area (Å²) in [5.74, 6) is -0.974. The van der Waals surface area contributed by atoms with Crippen LogP contribution in [0.3, 0.4) is 0 Å². The van der Waals surface area contributed by atoms with Crippen molar-refractivity contribution in [3.8, 4) is 0 Å². The van der Waals surface area contributed by atoms with Gasteiger partial charge in [0.05, 0.1) is 0 Å². The molecule has 0 aliphatic heterocycles. The number of benzene rings is 1. The third-order valence-corrected chi connectivity index (χ3v) is 2.51. The molecule has 0 aliphatic rings. The number of carbonyl (C=O) groups excluding carboxylic acids is 1. The number of hydrogen-bond acceptors (Lipinski definition) is 1. The zero-order valence-electron chi connectivity index (χ0n) is 6.88. The number of ketones is 1. The van der Waals surface area contributed by atoms with E-state index in [1.54, 1.807) is 6.07 Å². The molecule has 1 aromatic carbocycles. The fourth-order valence-electron chi connectivity index (χ4n) is 0.897. The molecule has 1 rings (SSSR count). The van der Waals surface area contributed by atoms with E-state index in [0.29, 0.717) is 0 Å². The molecule has 0 aromatic heterocycles. The summed E-state index contributed by atoms with van der Waals surface area (Å²) in [7, 11) is 0. The number of alkyl halides is 4. The second kappa shape index (κ2) is 4.13. The van der Waals surface area contributed by atoms with Crippen LogP contribution in [0.2, 0.25) is 0 Å². The van der Waals surface area contributed by atoms with Gasteiger partial charge in [0.25, 0.3) is 0 Å². The molecule has 0 saturated heterocycles. The van der Waals surface area contributed by atoms with Crippen LogP contribution >= 0.6 is 15.9 Å². The number of halogens is 4. The molecule has 1 unspecified atom stereocenters. The highest BCUT2D eigenvalue weighted by Gasteiger charge is 2.42. The normalized spacial score (nSPS) is 13.7. The summed E-state index contributed by atoms with van der Waals surface area (Å²) in [5.41, 5.74) is 0.0479. The van der Waals surface area contributed by atoms with Gasteiger partial charge >= 0.3 is 6.18 Å². The summed E-state index contributed by atoms with van der Waals surface area (Å²) in [6.07, 6.45) is -4.55. The average Bonchev–Trinajstić information content (AvgIpc) is 2.15. The number of carbonyl (C=O) groups is 1. The molecule has 0 spiro atoms. The Morgan fingerprint density at radius 1 is 1.21 bits per heavy atom. The highest BCUT2D eigenvalue weighted by atomic mass is 79.9. The van der Waals surface area contributed by atoms with E-state index in [2.05, 4.69) is 15.9 Å². The SMILES string of the molecule is O=C(c1ccccc1)C(Br)C(F)(F)F. The monoisotopic (exact) mass is 266 g/mol. The van der Waals surface area contributed by atoms with Crippen LogP contribution in [0.1, 0.15) is 10.4 Å². The first-order chi connectivity index (χ1) is 6.43. The lowest BCUT2D eigenvalue weighted by molar-refractivity contribution is -0.118. The Balaban J connectivity index is 2.87. The second-order valence-electron chi connectivity index (χ2n) is 2.63. The molecular weight excluding hydrogens is 261 g/mol. The average molecular weight is 267 g/mol. The van der Waals surface area contributed by atoms with Crippen molar-refractivity contribution in [2.75, 3.05) is 0 Å². The van der Waals surface area contributed by atoms with Gasteiger partial charge in [0.2, 0.25) is 0 Å². The third kappa shape index (κ3) is 2.57. The van der Waals surface area contributed by atoms with E-state index >= 15 is 0 Å². The van der Waals surface area contributed by atoms with Crippen LogP contribution in [-0.2, 0) is 0 Å². The van der Waals surface area contributed by atoms with Crippen LogP contribution in [-0.4, -0.2) is 16.8 Å². The van der Waals surface area contributed by atoms with Gasteiger partial charge < -0.3 is 0 Å². The Morgan fingerprint density at radius 2 is 1.71 bits per heavy atom. The lowest BCUT2D eigenvalue weighted by atomic mass is 10.1. The van der Waals surface area contributed by atoms with Crippen molar-refractivity contribution < 1.29 is 18.0 Å². The predicted molar refractivity (Wildman–Crippen MR) is 49.5 cm³/mol. The maximum absolute atomic E-state index is 12.1. The van der Waals surface area contributed by atoms with Crippen molar-refractivity contribution in [2.45, 2.75) is 11.0 Å². The van der Waals surface area contributed by atoms with Gasteiger partial charge in [-0.15, -0.1) is 0 Å². The van der Waals surface area contributed by atoms with Crippen molar-refractivity contribution in [3.05, 3.63) is 35.9 Å². The molecule has 5 heteroatoms. The minimum absolute atomic E-state index is 0.0479. The summed E-state index contributed by atoms with van der Waals surface area (Å²) < 4.78 is 36.4. The molecule has 76 valence electrons. The molecule has 0 aliphatic carbocycles. The number of Topliss-reactive ketones (excluding diaryl/α,β-unsaturated/α-hetero) is 1. The summed E-state index contributed by atoms with van der Waals surface area (Å²) in [4.78, 5) is 9.10. The van der Waals surface area contributed by atoms with Gasteiger partial charge in [0.1, 0.15) is 0 Å². The van der Waals surface area contributed by atoms with Gasteiger partial charge in [0, 0.05) is 5.56 Å². The largest absolute Gasteiger partial charge is 0.408 e. The maximum atomic E-state index is 12.1. The predicted octanol–water partition coefficient (Wildman–Crippen LogP) is 3.20. The lowest BCUT2D eigenvalue weighted by Gasteiger charge is -2.12. The Labute approximate surface area is 87.1 Å². The molecule has 0 amide bonds. The molecule has 0 fully saturated rings. The summed E-state index contributed by atoms with van der Waals surface area (Å²) in [5, 5.41) is 0. The summed E-state index contributed by atoms with van der Waals surface area (Å²) in [6, 6.07) is 7.37. The van der Waals surface area contributed by atoms with Crippen LogP contribution in [0.5, 0.6) is 0 Å². The van der Waals surface area contributed by atoms with E-state index in [9.17, 15) is 18.0 Å². The van der Waals surface area contributed by atoms with E-state index < -0.39 is 16.8 Å². The number of rotatable bonds is 2. The van der Waals surface area contributed by atoms with E-state index in [1.807, 2.05) is 0 Å². The Bertz CT molecular complexity index is 321. The quantitative estimate of drug-likeness (QED) is 0.594. The van der Waals surface area contributed by atoms with Gasteiger partial charge in [-0.3, -0.25) is 4.79 Å². The van der Waals surface area contributed by atoms with Crippen molar-refractivity contribution in [1.82, 2.24) is 0 Å². The Hall–Kier alpha value is -0.840. The van der Waals surface area contributed by atoms with E-state index in [0.717, 1.165) is 0 Å². The van der Waals surface area contributed by atoms with Gasteiger partial charge in [-0.05, 0) is 0 Å². The maximum Gasteiger partial charge on any atom is 0.408 e. The molecule has 1 aromatic rings. The number of hydrogen-bond donors (Lipinski definition) is 0. The molecule has 0 bridgehead atoms. The van der Waals surface area contributed by atoms with Gasteiger partial charge in [-0.2, -0.15) is 13.2 Å². The minimum atomic E-state index is -4.55. The zero-order chi connectivity index (χ0) is 10.8. The van der Waals surface area contributed by atoms with Crippen LogP contribution < -0.4 is 0 Å². The standard InChI is InChI=1S/C9H6BrF3O/c10-8(9(11,12)13)7(14)6-4-2-1-3-5-6/h1-5,8H. The lowest BCUT2D eigenvalue weighted by Crippen LogP contribution is -2.31. The smallest absolute Gasteiger partial charge is 0.293 e. The fourth-order valence-corrected chi connectivity index (χ4v) is 1.16. The molecule has 0 saturated carbocycles. The van der Waals surface area contributed by atoms with Crippen LogP contribution in [0.15, 0.2) is 30.3 Å². The second-order valence-corrected chi connectivity index (χ2v) is 3.55. The molecule has 0 N–H and O–H groups in total. The first-order valence-electron chi connectivity index (χ1n) is 3.73. The van der Waals surface area contributed by atoms with E-state index in [4.69, 9.17) is 0 Å². The molecule has 0 heterocycles. The van der Waals surface area contributed by atoms with Crippen molar-refractivity contribution >= 4 is 21.7 Å². The van der Waals surface area contributed by atoms with E-state index in [-0.39, 0.29) is 5.56 Å². The molecule has 1 nitrogen and oxygen atoms in total. The minimum Gasteiger partial charge on any atom is -0.293 e. The van der Waals surface area contributed by atoms with Crippen LogP contribution in [0.25, 0.3) is 0 Å². The highest BCUT2D eigenvalue weighted by Crippen LogP contribution is 2.28. The van der Waals surface area contributed by atoms with E-state index in [1.165, 1.54) is 24.3 Å². The Kier molecular flexibility index (Phi) is 3.31. The summed E-state index contributed by atoms with van der Waals surface area (Å²) >= 11 is 2.33. The molecular formula is C9H6BrF3O. The fraction of sp³-hybridized carbons (Fsp3) is 0.222. The van der Waals surface area contributed by atoms with Gasteiger partial charge in [-0.25, -0.2) is 0 Å². The first-order valence-corrected chi connectivity index (χ1v) is 4.64. The van der Waals surface area contributed by atoms with Crippen LogP contribution in [0, 0.1) is 0 Å². The van der Waals surface area contributed by atoms with Crippen molar-refractivity contribution in [1.29, 1.82) is 0 Å².